The van der Waals surface area contributed by atoms with E-state index in [1.807, 2.05) is 54.6 Å². The second kappa shape index (κ2) is 14.1. The Morgan fingerprint density at radius 2 is 1.67 bits per heavy atom. The van der Waals surface area contributed by atoms with E-state index in [4.69, 9.17) is 26.2 Å². The van der Waals surface area contributed by atoms with E-state index in [2.05, 4.69) is 5.32 Å². The summed E-state index contributed by atoms with van der Waals surface area (Å²) in [4.78, 5) is 28.4. The Labute approximate surface area is 216 Å². The molecule has 0 aliphatic carbocycles. The maximum Gasteiger partial charge on any atom is 0.261 e. The number of rotatable bonds is 13. The summed E-state index contributed by atoms with van der Waals surface area (Å²) >= 11 is 6.19. The minimum absolute atomic E-state index is 0.0379. The van der Waals surface area contributed by atoms with Crippen LogP contribution in [0.5, 0.6) is 11.5 Å². The fourth-order valence-corrected chi connectivity index (χ4v) is 3.86. The molecule has 190 valence electrons. The summed E-state index contributed by atoms with van der Waals surface area (Å²) in [5.41, 5.74) is 1.75. The summed E-state index contributed by atoms with van der Waals surface area (Å²) < 4.78 is 11.0. The lowest BCUT2D eigenvalue weighted by Gasteiger charge is -2.31. The zero-order chi connectivity index (χ0) is 25.8. The summed E-state index contributed by atoms with van der Waals surface area (Å²) in [7, 11) is 1.59. The molecule has 0 fully saturated rings. The molecule has 7 nitrogen and oxygen atoms in total. The van der Waals surface area contributed by atoms with Gasteiger partial charge >= 0.3 is 0 Å². The first-order valence-electron chi connectivity index (χ1n) is 11.7. The highest BCUT2D eigenvalue weighted by molar-refractivity contribution is 6.32. The molecule has 3 aromatic carbocycles. The largest absolute Gasteiger partial charge is 0.497 e. The van der Waals surface area contributed by atoms with Gasteiger partial charge in [0.15, 0.2) is 6.61 Å². The predicted octanol–water partition coefficient (Wildman–Crippen LogP) is 3.87. The first-order valence-corrected chi connectivity index (χ1v) is 12.1. The Hall–Kier alpha value is -3.55. The third-order valence-corrected chi connectivity index (χ3v) is 5.92. The van der Waals surface area contributed by atoms with Crippen molar-refractivity contribution < 1.29 is 24.2 Å². The Balaban J connectivity index is 1.89. The van der Waals surface area contributed by atoms with E-state index in [9.17, 15) is 9.59 Å². The van der Waals surface area contributed by atoms with Crippen LogP contribution in [0.4, 0.5) is 0 Å². The number of carbonyl (C=O) groups excluding carboxylic acids is 2. The molecule has 0 aliphatic rings. The highest BCUT2D eigenvalue weighted by Gasteiger charge is 2.30. The lowest BCUT2D eigenvalue weighted by atomic mass is 10.0. The van der Waals surface area contributed by atoms with Crippen LogP contribution in [0, 0.1) is 0 Å². The number of halogens is 1. The van der Waals surface area contributed by atoms with Crippen molar-refractivity contribution in [3.63, 3.8) is 0 Å². The molecule has 36 heavy (non-hydrogen) atoms. The fourth-order valence-electron chi connectivity index (χ4n) is 3.67. The fraction of sp³-hybridized carbons (Fsp3) is 0.286. The van der Waals surface area contributed by atoms with Crippen LogP contribution in [0.15, 0.2) is 78.9 Å². The summed E-state index contributed by atoms with van der Waals surface area (Å²) in [6, 6.07) is 23.0. The zero-order valence-electron chi connectivity index (χ0n) is 20.2. The number of methoxy groups -OCH3 is 1. The molecular formula is C28H31ClN2O5. The van der Waals surface area contributed by atoms with Crippen LogP contribution in [-0.4, -0.2) is 54.7 Å². The van der Waals surface area contributed by atoms with Crippen LogP contribution >= 0.6 is 11.6 Å². The van der Waals surface area contributed by atoms with Crippen molar-refractivity contribution in [1.29, 1.82) is 0 Å². The van der Waals surface area contributed by atoms with E-state index in [1.54, 1.807) is 31.4 Å². The molecule has 0 saturated heterocycles. The quantitative estimate of drug-likeness (QED) is 0.341. The van der Waals surface area contributed by atoms with Gasteiger partial charge in [-0.2, -0.15) is 0 Å². The van der Waals surface area contributed by atoms with E-state index in [1.165, 1.54) is 4.90 Å². The molecule has 8 heteroatoms. The molecule has 0 aliphatic heterocycles. The minimum atomic E-state index is -0.796. The van der Waals surface area contributed by atoms with Crippen LogP contribution in [0.25, 0.3) is 0 Å². The van der Waals surface area contributed by atoms with E-state index >= 15 is 0 Å². The Morgan fingerprint density at radius 3 is 2.33 bits per heavy atom. The Morgan fingerprint density at radius 1 is 0.972 bits per heavy atom. The molecule has 0 bridgehead atoms. The number of aliphatic hydroxyl groups is 1. The van der Waals surface area contributed by atoms with Crippen molar-refractivity contribution in [1.82, 2.24) is 10.2 Å². The molecule has 0 unspecified atom stereocenters. The molecule has 0 spiro atoms. The number of benzene rings is 3. The normalized spacial score (nSPS) is 11.4. The van der Waals surface area contributed by atoms with E-state index < -0.39 is 6.04 Å². The topological polar surface area (TPSA) is 88.1 Å². The molecule has 0 heterocycles. The molecule has 0 aromatic heterocycles. The van der Waals surface area contributed by atoms with Gasteiger partial charge in [0.05, 0.1) is 12.1 Å². The number of hydrogen-bond acceptors (Lipinski definition) is 5. The van der Waals surface area contributed by atoms with Crippen molar-refractivity contribution in [3.05, 3.63) is 95.0 Å². The number of amides is 2. The number of nitrogens with zero attached hydrogens (tertiary/aromatic N) is 1. The average Bonchev–Trinajstić information content (AvgIpc) is 2.91. The highest BCUT2D eigenvalue weighted by atomic mass is 35.5. The highest BCUT2D eigenvalue weighted by Crippen LogP contribution is 2.24. The SMILES string of the molecule is COc1ccc(CN(C(=O)COc2ccccc2Cl)[C@@H](Cc2ccccc2)C(=O)NCCCO)cc1. The van der Waals surface area contributed by atoms with Gasteiger partial charge in [0, 0.05) is 26.1 Å². The average molecular weight is 511 g/mol. The number of carbonyl (C=O) groups is 2. The Kier molecular flexibility index (Phi) is 10.6. The number of nitrogens with one attached hydrogen (secondary N) is 1. The summed E-state index contributed by atoms with van der Waals surface area (Å²) in [6.45, 7) is 0.180. The summed E-state index contributed by atoms with van der Waals surface area (Å²) in [6.07, 6.45) is 0.742. The number of ether oxygens (including phenoxy) is 2. The van der Waals surface area contributed by atoms with E-state index in [-0.39, 0.29) is 31.6 Å². The second-order valence-electron chi connectivity index (χ2n) is 8.16. The maximum absolute atomic E-state index is 13.5. The van der Waals surface area contributed by atoms with Crippen LogP contribution in [0.1, 0.15) is 17.5 Å². The summed E-state index contributed by atoms with van der Waals surface area (Å²) in [5.74, 6) is 0.432. The molecule has 3 aromatic rings. The smallest absolute Gasteiger partial charge is 0.261 e. The molecule has 2 N–H and O–H groups in total. The van der Waals surface area contributed by atoms with Crippen LogP contribution in [-0.2, 0) is 22.6 Å². The first-order chi connectivity index (χ1) is 17.5. The van der Waals surface area contributed by atoms with Gasteiger partial charge in [-0.3, -0.25) is 9.59 Å². The van der Waals surface area contributed by atoms with Gasteiger partial charge in [-0.1, -0.05) is 66.2 Å². The van der Waals surface area contributed by atoms with Crippen LogP contribution in [0.2, 0.25) is 5.02 Å². The van der Waals surface area contributed by atoms with Gasteiger partial charge < -0.3 is 24.8 Å². The van der Waals surface area contributed by atoms with Gasteiger partial charge in [-0.15, -0.1) is 0 Å². The maximum atomic E-state index is 13.5. The second-order valence-corrected chi connectivity index (χ2v) is 8.57. The van der Waals surface area contributed by atoms with Crippen molar-refractivity contribution >= 4 is 23.4 Å². The monoisotopic (exact) mass is 510 g/mol. The molecule has 0 radical (unpaired) electrons. The standard InChI is InChI=1S/C28H31ClN2O5/c1-35-23-14-12-22(13-15-23)19-31(27(33)20-36-26-11-6-5-10-24(26)29)25(28(34)30-16-7-17-32)18-21-8-3-2-4-9-21/h2-6,8-15,25,32H,7,16-20H2,1H3,(H,30,34)/t25-/m0/s1. The number of hydrogen-bond donors (Lipinski definition) is 2. The van der Waals surface area contributed by atoms with Crippen LogP contribution < -0.4 is 14.8 Å². The third-order valence-electron chi connectivity index (χ3n) is 5.60. The number of aliphatic hydroxyl groups excluding tert-OH is 1. The first kappa shape index (κ1) is 27.0. The molecular weight excluding hydrogens is 480 g/mol. The van der Waals surface area contributed by atoms with E-state index in [0.717, 1.165) is 11.1 Å². The van der Waals surface area contributed by atoms with E-state index in [0.29, 0.717) is 35.9 Å². The molecule has 0 saturated carbocycles. The van der Waals surface area contributed by atoms with Crippen molar-refractivity contribution in [2.75, 3.05) is 26.9 Å². The van der Waals surface area contributed by atoms with Crippen molar-refractivity contribution in [2.24, 2.45) is 0 Å². The zero-order valence-corrected chi connectivity index (χ0v) is 21.0. The van der Waals surface area contributed by atoms with Crippen molar-refractivity contribution in [3.8, 4) is 11.5 Å². The predicted molar refractivity (Wildman–Crippen MR) is 139 cm³/mol. The molecule has 2 amide bonds. The lowest BCUT2D eigenvalue weighted by Crippen LogP contribution is -2.51. The molecule has 3 rings (SSSR count). The van der Waals surface area contributed by atoms with Gasteiger partial charge in [-0.25, -0.2) is 0 Å². The lowest BCUT2D eigenvalue weighted by molar-refractivity contribution is -0.142. The van der Waals surface area contributed by atoms with Crippen molar-refractivity contribution in [2.45, 2.75) is 25.4 Å². The van der Waals surface area contributed by atoms with Gasteiger partial charge in [0.2, 0.25) is 5.91 Å². The van der Waals surface area contributed by atoms with Gasteiger partial charge in [-0.05, 0) is 41.8 Å². The number of para-hydroxylation sites is 1. The molecule has 1 atom stereocenters. The third kappa shape index (κ3) is 8.00. The Bertz CT molecular complexity index is 1110. The van der Waals surface area contributed by atoms with Gasteiger partial charge in [0.25, 0.3) is 5.91 Å². The van der Waals surface area contributed by atoms with Crippen LogP contribution in [0.3, 0.4) is 0 Å². The van der Waals surface area contributed by atoms with Gasteiger partial charge in [0.1, 0.15) is 17.5 Å². The summed E-state index contributed by atoms with van der Waals surface area (Å²) in [5, 5.41) is 12.4. The minimum Gasteiger partial charge on any atom is -0.497 e.